The molecule has 2 fully saturated rings. The van der Waals surface area contributed by atoms with Gasteiger partial charge in [0.25, 0.3) is 0 Å². The van der Waals surface area contributed by atoms with Gasteiger partial charge in [0.05, 0.1) is 23.7 Å². The molecule has 2 aliphatic heterocycles. The van der Waals surface area contributed by atoms with Crippen LogP contribution >= 0.6 is 0 Å². The van der Waals surface area contributed by atoms with Crippen LogP contribution in [0.1, 0.15) is 24.0 Å². The molecule has 7 nitrogen and oxygen atoms in total. The van der Waals surface area contributed by atoms with Gasteiger partial charge in [-0.05, 0) is 18.1 Å². The number of sulfone groups is 1. The van der Waals surface area contributed by atoms with Crippen LogP contribution in [0.2, 0.25) is 0 Å². The summed E-state index contributed by atoms with van der Waals surface area (Å²) in [5.74, 6) is 1.36. The summed E-state index contributed by atoms with van der Waals surface area (Å²) in [6, 6.07) is 4.22. The average Bonchev–Trinajstić information content (AvgIpc) is 3.24. The summed E-state index contributed by atoms with van der Waals surface area (Å²) in [7, 11) is -3.01. The van der Waals surface area contributed by atoms with Gasteiger partial charge in [0, 0.05) is 50.3 Å². The Morgan fingerprint density at radius 2 is 1.85 bits per heavy atom. The number of hydrogen-bond acceptors (Lipinski definition) is 6. The molecule has 0 saturated carbocycles. The number of fused-ring (bicyclic) bond motifs is 1. The molecule has 0 radical (unpaired) electrons. The van der Waals surface area contributed by atoms with E-state index in [-0.39, 0.29) is 23.6 Å². The first-order chi connectivity index (χ1) is 12.5. The third kappa shape index (κ3) is 3.67. The van der Waals surface area contributed by atoms with E-state index < -0.39 is 9.84 Å². The van der Waals surface area contributed by atoms with Crippen LogP contribution in [-0.4, -0.2) is 69.8 Å². The molecule has 2 aromatic heterocycles. The molecule has 4 heterocycles. The van der Waals surface area contributed by atoms with Gasteiger partial charge in [0.2, 0.25) is 0 Å². The van der Waals surface area contributed by atoms with Crippen LogP contribution in [0.4, 0.5) is 0 Å². The number of nitrogens with one attached hydrogen (secondary N) is 1. The summed E-state index contributed by atoms with van der Waals surface area (Å²) in [5.41, 5.74) is 2.23. The van der Waals surface area contributed by atoms with E-state index in [0.717, 1.165) is 31.0 Å². The summed E-state index contributed by atoms with van der Waals surface area (Å²) < 4.78 is 24.7. The second-order valence-corrected chi connectivity index (χ2v) is 9.35. The predicted molar refractivity (Wildman–Crippen MR) is 99.3 cm³/mol. The van der Waals surface area contributed by atoms with Crippen molar-refractivity contribution in [1.29, 1.82) is 0 Å². The van der Waals surface area contributed by atoms with Crippen LogP contribution in [0, 0.1) is 0 Å². The number of nitrogens with zero attached hydrogens (tertiary/aromatic N) is 4. The molecule has 8 heteroatoms. The number of aryl methyl sites for hydroxylation is 1. The van der Waals surface area contributed by atoms with Crippen LogP contribution in [0.25, 0.3) is 0 Å². The Bertz CT molecular complexity index is 835. The second-order valence-electron chi connectivity index (χ2n) is 7.20. The quantitative estimate of drug-likeness (QED) is 0.834. The van der Waals surface area contributed by atoms with Crippen molar-refractivity contribution in [2.45, 2.75) is 38.5 Å². The Hall–Kier alpha value is -1.77. The van der Waals surface area contributed by atoms with Gasteiger partial charge in [-0.3, -0.25) is 14.8 Å². The van der Waals surface area contributed by atoms with Crippen molar-refractivity contribution in [2.75, 3.05) is 24.6 Å². The smallest absolute Gasteiger partial charge is 0.153 e. The molecule has 2 atom stereocenters. The molecule has 0 bridgehead atoms. The summed E-state index contributed by atoms with van der Waals surface area (Å²) in [6.45, 7) is 5.16. The van der Waals surface area contributed by atoms with E-state index in [1.54, 1.807) is 12.4 Å². The molecule has 26 heavy (non-hydrogen) atoms. The zero-order valence-corrected chi connectivity index (χ0v) is 15.8. The Labute approximate surface area is 154 Å². The minimum atomic E-state index is -3.01. The van der Waals surface area contributed by atoms with Crippen molar-refractivity contribution in [3.63, 3.8) is 0 Å². The Morgan fingerprint density at radius 1 is 1.12 bits per heavy atom. The van der Waals surface area contributed by atoms with Gasteiger partial charge in [-0.25, -0.2) is 13.4 Å². The lowest BCUT2D eigenvalue weighted by Crippen LogP contribution is -2.58. The topological polar surface area (TPSA) is 82.2 Å². The van der Waals surface area contributed by atoms with E-state index in [2.05, 4.69) is 43.8 Å². The fourth-order valence-electron chi connectivity index (χ4n) is 4.03. The highest BCUT2D eigenvalue weighted by atomic mass is 32.2. The van der Waals surface area contributed by atoms with Crippen molar-refractivity contribution in [1.82, 2.24) is 24.8 Å². The maximum atomic E-state index is 12.3. The Morgan fingerprint density at radius 3 is 2.42 bits per heavy atom. The fourth-order valence-corrected chi connectivity index (χ4v) is 6.07. The summed E-state index contributed by atoms with van der Waals surface area (Å²) in [4.78, 5) is 16.5. The van der Waals surface area contributed by atoms with E-state index in [4.69, 9.17) is 0 Å². The monoisotopic (exact) mass is 375 g/mol. The molecule has 2 aliphatic rings. The number of H-pyrrole nitrogens is 1. The normalized spacial score (nSPS) is 26.0. The maximum absolute atomic E-state index is 12.3. The van der Waals surface area contributed by atoms with Gasteiger partial charge >= 0.3 is 0 Å². The molecule has 0 unspecified atom stereocenters. The van der Waals surface area contributed by atoms with Gasteiger partial charge < -0.3 is 4.98 Å². The lowest BCUT2D eigenvalue weighted by atomic mass is 10.0. The molecule has 140 valence electrons. The number of aromatic nitrogens is 3. The van der Waals surface area contributed by atoms with Gasteiger partial charge in [-0.15, -0.1) is 0 Å². The standard InChI is InChI=1S/C18H25N5O2S/c1-2-14-3-4-15(21-9-14)10-22-7-8-23(11-18-19-5-6-20-18)17-13-26(24,25)12-16(17)22/h3-6,9,16-17H,2,7-8,10-13H2,1H3,(H,19,20)/t16-,17+/m0/s1. The highest BCUT2D eigenvalue weighted by molar-refractivity contribution is 7.91. The molecule has 0 spiro atoms. The van der Waals surface area contributed by atoms with Crippen LogP contribution in [0.3, 0.4) is 0 Å². The largest absolute Gasteiger partial charge is 0.348 e. The maximum Gasteiger partial charge on any atom is 0.153 e. The zero-order chi connectivity index (χ0) is 18.1. The molecule has 4 rings (SSSR count). The SMILES string of the molecule is CCc1ccc(CN2CCN(Cc3ncc[nH]3)[C@@H]3CS(=O)(=O)C[C@@H]32)nc1. The minimum absolute atomic E-state index is 0.0220. The molecule has 1 N–H and O–H groups in total. The van der Waals surface area contributed by atoms with Crippen molar-refractivity contribution in [2.24, 2.45) is 0 Å². The molecular weight excluding hydrogens is 350 g/mol. The minimum Gasteiger partial charge on any atom is -0.348 e. The number of imidazole rings is 1. The number of hydrogen-bond donors (Lipinski definition) is 1. The third-order valence-corrected chi connectivity index (χ3v) is 7.17. The van der Waals surface area contributed by atoms with Crippen molar-refractivity contribution in [3.8, 4) is 0 Å². The first kappa shape index (κ1) is 17.6. The molecule has 0 aromatic carbocycles. The van der Waals surface area contributed by atoms with Crippen LogP contribution in [0.5, 0.6) is 0 Å². The van der Waals surface area contributed by atoms with E-state index in [9.17, 15) is 8.42 Å². The number of piperazine rings is 1. The Kier molecular flexibility index (Phi) is 4.81. The second kappa shape index (κ2) is 7.09. The third-order valence-electron chi connectivity index (χ3n) is 5.47. The van der Waals surface area contributed by atoms with Crippen LogP contribution in [0.15, 0.2) is 30.7 Å². The fraction of sp³-hybridized carbons (Fsp3) is 0.556. The first-order valence-corrected chi connectivity index (χ1v) is 11.0. The van der Waals surface area contributed by atoms with Crippen molar-refractivity contribution < 1.29 is 8.42 Å². The highest BCUT2D eigenvalue weighted by Crippen LogP contribution is 2.28. The summed E-state index contributed by atoms with van der Waals surface area (Å²) in [5, 5.41) is 0. The van der Waals surface area contributed by atoms with Crippen molar-refractivity contribution in [3.05, 3.63) is 47.8 Å². The van der Waals surface area contributed by atoms with Crippen molar-refractivity contribution >= 4 is 9.84 Å². The van der Waals surface area contributed by atoms with Gasteiger partial charge in [-0.1, -0.05) is 13.0 Å². The van der Waals surface area contributed by atoms with Gasteiger partial charge in [0.1, 0.15) is 5.82 Å². The molecule has 0 amide bonds. The molecule has 2 aromatic rings. The Balaban J connectivity index is 1.51. The number of pyridine rings is 1. The van der Waals surface area contributed by atoms with Crippen LogP contribution in [-0.2, 0) is 29.3 Å². The number of aromatic amines is 1. The molecule has 0 aliphatic carbocycles. The van der Waals surface area contributed by atoms with Gasteiger partial charge in [0.15, 0.2) is 9.84 Å². The molecular formula is C18H25N5O2S. The predicted octanol–water partition coefficient (Wildman–Crippen LogP) is 0.851. The highest BCUT2D eigenvalue weighted by Gasteiger charge is 2.46. The average molecular weight is 375 g/mol. The lowest BCUT2D eigenvalue weighted by molar-refractivity contribution is 0.0334. The van der Waals surface area contributed by atoms with E-state index in [0.29, 0.717) is 13.1 Å². The summed E-state index contributed by atoms with van der Waals surface area (Å²) >= 11 is 0. The first-order valence-electron chi connectivity index (χ1n) is 9.14. The van der Waals surface area contributed by atoms with E-state index >= 15 is 0 Å². The van der Waals surface area contributed by atoms with Gasteiger partial charge in [-0.2, -0.15) is 0 Å². The lowest BCUT2D eigenvalue weighted by Gasteiger charge is -2.43. The molecule has 2 saturated heterocycles. The number of rotatable bonds is 5. The van der Waals surface area contributed by atoms with E-state index in [1.165, 1.54) is 5.56 Å². The summed E-state index contributed by atoms with van der Waals surface area (Å²) in [6.07, 6.45) is 6.44. The van der Waals surface area contributed by atoms with Crippen LogP contribution < -0.4 is 0 Å². The van der Waals surface area contributed by atoms with E-state index in [1.807, 2.05) is 6.20 Å². The zero-order valence-electron chi connectivity index (χ0n) is 15.0.